The van der Waals surface area contributed by atoms with Crippen molar-refractivity contribution in [3.8, 4) is 28.0 Å². The van der Waals surface area contributed by atoms with Crippen LogP contribution in [0.5, 0.6) is 5.75 Å². The molecule has 148 valence electrons. The molecule has 1 heterocycles. The molecular formula is C25H19NO4. The van der Waals surface area contributed by atoms with Gasteiger partial charge in [0.1, 0.15) is 12.3 Å². The van der Waals surface area contributed by atoms with Crippen molar-refractivity contribution in [1.82, 2.24) is 4.98 Å². The minimum Gasteiger partial charge on any atom is -0.483 e. The van der Waals surface area contributed by atoms with Gasteiger partial charge >= 0.3 is 5.97 Å². The number of aromatic carboxylic acids is 1. The fourth-order valence-corrected chi connectivity index (χ4v) is 3.28. The summed E-state index contributed by atoms with van der Waals surface area (Å²) in [7, 11) is 0. The zero-order valence-corrected chi connectivity index (χ0v) is 16.0. The molecule has 0 aliphatic rings. The van der Waals surface area contributed by atoms with E-state index in [9.17, 15) is 14.7 Å². The van der Waals surface area contributed by atoms with Crippen LogP contribution in [-0.2, 0) is 6.61 Å². The second-order valence-electron chi connectivity index (χ2n) is 6.76. The van der Waals surface area contributed by atoms with Crippen LogP contribution in [0.4, 0.5) is 0 Å². The Morgan fingerprint density at radius 2 is 1.47 bits per heavy atom. The van der Waals surface area contributed by atoms with Gasteiger partial charge in [0.25, 0.3) is 0 Å². The third kappa shape index (κ3) is 4.00. The van der Waals surface area contributed by atoms with E-state index in [0.29, 0.717) is 5.56 Å². The zero-order chi connectivity index (χ0) is 20.9. The molecule has 2 N–H and O–H groups in total. The summed E-state index contributed by atoms with van der Waals surface area (Å²) >= 11 is 0. The third-order valence-corrected chi connectivity index (χ3v) is 4.76. The Morgan fingerprint density at radius 3 is 2.17 bits per heavy atom. The number of pyridine rings is 1. The highest BCUT2D eigenvalue weighted by molar-refractivity contribution is 5.94. The van der Waals surface area contributed by atoms with E-state index in [2.05, 4.69) is 4.98 Å². The Hall–Kier alpha value is -4.12. The molecule has 0 fully saturated rings. The molecule has 1 aromatic heterocycles. The lowest BCUT2D eigenvalue weighted by Crippen LogP contribution is -2.17. The number of carboxylic acids is 1. The van der Waals surface area contributed by atoms with Crippen molar-refractivity contribution in [2.75, 3.05) is 0 Å². The van der Waals surface area contributed by atoms with Crippen molar-refractivity contribution in [1.29, 1.82) is 0 Å². The molecule has 4 aromatic rings. The molecule has 0 spiro atoms. The average Bonchev–Trinajstić information content (AvgIpc) is 2.79. The van der Waals surface area contributed by atoms with Crippen molar-refractivity contribution < 1.29 is 14.6 Å². The van der Waals surface area contributed by atoms with Gasteiger partial charge in [0.15, 0.2) is 5.75 Å². The summed E-state index contributed by atoms with van der Waals surface area (Å²) in [5, 5.41) is 9.63. The molecule has 0 radical (unpaired) electrons. The van der Waals surface area contributed by atoms with Gasteiger partial charge in [0, 0.05) is 6.20 Å². The maximum Gasteiger partial charge on any atom is 0.353 e. The lowest BCUT2D eigenvalue weighted by atomic mass is 9.97. The highest BCUT2D eigenvalue weighted by Gasteiger charge is 2.20. The molecule has 4 rings (SSSR count). The third-order valence-electron chi connectivity index (χ3n) is 4.76. The van der Waals surface area contributed by atoms with E-state index in [-0.39, 0.29) is 23.6 Å². The fourth-order valence-electron chi connectivity index (χ4n) is 3.28. The fraction of sp³-hybridized carbons (Fsp3) is 0.0400. The summed E-state index contributed by atoms with van der Waals surface area (Å²) in [4.78, 5) is 27.7. The van der Waals surface area contributed by atoms with E-state index in [1.54, 1.807) is 12.1 Å². The molecule has 0 amide bonds. The van der Waals surface area contributed by atoms with Crippen molar-refractivity contribution in [3.63, 3.8) is 0 Å². The number of carboxylic acid groups (broad SMARTS) is 1. The van der Waals surface area contributed by atoms with Crippen molar-refractivity contribution >= 4 is 5.97 Å². The number of H-pyrrole nitrogens is 1. The number of benzene rings is 3. The van der Waals surface area contributed by atoms with E-state index >= 15 is 0 Å². The molecule has 0 aliphatic carbocycles. The smallest absolute Gasteiger partial charge is 0.353 e. The number of aromatic nitrogens is 1. The number of aromatic amines is 1. The minimum absolute atomic E-state index is 0.0731. The van der Waals surface area contributed by atoms with Crippen LogP contribution in [0.25, 0.3) is 22.3 Å². The lowest BCUT2D eigenvalue weighted by molar-refractivity contribution is 0.0691. The number of hydrogen-bond donors (Lipinski definition) is 2. The lowest BCUT2D eigenvalue weighted by Gasteiger charge is -2.11. The molecule has 30 heavy (non-hydrogen) atoms. The number of ether oxygens (including phenoxy) is 1. The monoisotopic (exact) mass is 397 g/mol. The average molecular weight is 397 g/mol. The zero-order valence-electron chi connectivity index (χ0n) is 16.0. The summed E-state index contributed by atoms with van der Waals surface area (Å²) in [6.07, 6.45) is 1.30. The summed E-state index contributed by atoms with van der Waals surface area (Å²) < 4.78 is 5.70. The SMILES string of the molecule is O=C(O)c1[nH]cc(OCc2ccccc2)c(=O)c1-c1cccc(-c2ccccc2)c1. The predicted molar refractivity (Wildman–Crippen MR) is 116 cm³/mol. The minimum atomic E-state index is -1.21. The van der Waals surface area contributed by atoms with Gasteiger partial charge in [0.05, 0.1) is 5.56 Å². The number of rotatable bonds is 6. The summed E-state index contributed by atoms with van der Waals surface area (Å²) in [6, 6.07) is 26.4. The van der Waals surface area contributed by atoms with Gasteiger partial charge in [-0.15, -0.1) is 0 Å². The molecule has 5 heteroatoms. The number of hydrogen-bond acceptors (Lipinski definition) is 3. The van der Waals surface area contributed by atoms with Crippen LogP contribution >= 0.6 is 0 Å². The van der Waals surface area contributed by atoms with Crippen LogP contribution in [0, 0.1) is 0 Å². The highest BCUT2D eigenvalue weighted by Crippen LogP contribution is 2.27. The van der Waals surface area contributed by atoms with Gasteiger partial charge in [-0.3, -0.25) is 4.79 Å². The van der Waals surface area contributed by atoms with E-state index in [1.165, 1.54) is 6.20 Å². The first-order valence-electron chi connectivity index (χ1n) is 9.45. The normalized spacial score (nSPS) is 10.5. The molecule has 0 bridgehead atoms. The summed E-state index contributed by atoms with van der Waals surface area (Å²) in [5.74, 6) is -1.13. The number of nitrogens with one attached hydrogen (secondary N) is 1. The number of carbonyl (C=O) groups is 1. The maximum atomic E-state index is 13.2. The molecular weight excluding hydrogens is 378 g/mol. The second-order valence-corrected chi connectivity index (χ2v) is 6.76. The second kappa shape index (κ2) is 8.49. The summed E-state index contributed by atoms with van der Waals surface area (Å²) in [6.45, 7) is 0.208. The Bertz CT molecular complexity index is 1230. The van der Waals surface area contributed by atoms with Crippen LogP contribution in [-0.4, -0.2) is 16.1 Å². The largest absolute Gasteiger partial charge is 0.483 e. The van der Waals surface area contributed by atoms with Crippen LogP contribution in [0.15, 0.2) is 95.9 Å². The van der Waals surface area contributed by atoms with Gasteiger partial charge in [-0.2, -0.15) is 0 Å². The van der Waals surface area contributed by atoms with E-state index in [0.717, 1.165) is 16.7 Å². The van der Waals surface area contributed by atoms with Crippen molar-refractivity contribution in [2.24, 2.45) is 0 Å². The van der Waals surface area contributed by atoms with E-state index in [4.69, 9.17) is 4.74 Å². The van der Waals surface area contributed by atoms with Gasteiger partial charge in [-0.1, -0.05) is 78.9 Å². The first-order valence-corrected chi connectivity index (χ1v) is 9.45. The van der Waals surface area contributed by atoms with E-state index in [1.807, 2.05) is 72.8 Å². The Labute approximate surface area is 173 Å². The Kier molecular flexibility index (Phi) is 5.44. The van der Waals surface area contributed by atoms with Crippen LogP contribution in [0.1, 0.15) is 16.1 Å². The van der Waals surface area contributed by atoms with Gasteiger partial charge in [0.2, 0.25) is 5.43 Å². The van der Waals surface area contributed by atoms with Crippen molar-refractivity contribution in [2.45, 2.75) is 6.61 Å². The Morgan fingerprint density at radius 1 is 0.833 bits per heavy atom. The highest BCUT2D eigenvalue weighted by atomic mass is 16.5. The quantitative estimate of drug-likeness (QED) is 0.481. The van der Waals surface area contributed by atoms with E-state index < -0.39 is 11.4 Å². The first-order chi connectivity index (χ1) is 14.6. The summed E-state index contributed by atoms with van der Waals surface area (Å²) in [5.41, 5.74) is 2.73. The molecule has 5 nitrogen and oxygen atoms in total. The van der Waals surface area contributed by atoms with Crippen molar-refractivity contribution in [3.05, 3.63) is 113 Å². The molecule has 3 aromatic carbocycles. The van der Waals surface area contributed by atoms with Crippen LogP contribution in [0.2, 0.25) is 0 Å². The van der Waals surface area contributed by atoms with Crippen LogP contribution in [0.3, 0.4) is 0 Å². The first kappa shape index (κ1) is 19.2. The van der Waals surface area contributed by atoms with Gasteiger partial charge < -0.3 is 14.8 Å². The molecule has 0 saturated heterocycles. The topological polar surface area (TPSA) is 79.4 Å². The maximum absolute atomic E-state index is 13.2. The predicted octanol–water partition coefficient (Wildman–Crippen LogP) is 4.99. The van der Waals surface area contributed by atoms with Gasteiger partial charge in [-0.25, -0.2) is 4.79 Å². The van der Waals surface area contributed by atoms with Gasteiger partial charge in [-0.05, 0) is 28.3 Å². The Balaban J connectivity index is 1.76. The molecule has 0 unspecified atom stereocenters. The van der Waals surface area contributed by atoms with Crippen LogP contribution < -0.4 is 10.2 Å². The molecule has 0 saturated carbocycles. The molecule has 0 aliphatic heterocycles. The molecule has 0 atom stereocenters. The standard InChI is InChI=1S/C25H19NO4/c27-24-21(30-16-17-8-3-1-4-9-17)15-26-23(25(28)29)22(24)20-13-7-12-19(14-20)18-10-5-2-6-11-18/h1-15H,16H2,(H,26,27)(H,28,29).